The molecule has 5 heteroatoms. The number of hydrogen-bond acceptors (Lipinski definition) is 3. The van der Waals surface area contributed by atoms with Crippen molar-refractivity contribution < 1.29 is 9.53 Å². The monoisotopic (exact) mass is 360 g/mol. The lowest BCUT2D eigenvalue weighted by atomic mass is 10.2. The second-order valence-electron chi connectivity index (χ2n) is 4.60. The van der Waals surface area contributed by atoms with Crippen LogP contribution in [0.5, 0.6) is 5.75 Å². The van der Waals surface area contributed by atoms with Crippen molar-refractivity contribution in [2.45, 2.75) is 13.3 Å². The van der Waals surface area contributed by atoms with Gasteiger partial charge in [-0.2, -0.15) is 5.10 Å². The molecule has 1 N–H and O–H groups in total. The number of carbonyl (C=O) groups is 1. The molecule has 0 aliphatic rings. The molecule has 0 radical (unpaired) electrons. The number of ether oxygens (including phenoxy) is 1. The minimum Gasteiger partial charge on any atom is -0.494 e. The quantitative estimate of drug-likeness (QED) is 0.625. The highest BCUT2D eigenvalue weighted by Gasteiger charge is 2.07. The van der Waals surface area contributed by atoms with Crippen molar-refractivity contribution in [1.29, 1.82) is 0 Å². The van der Waals surface area contributed by atoms with Crippen LogP contribution < -0.4 is 10.2 Å². The summed E-state index contributed by atoms with van der Waals surface area (Å²) in [5, 5.41) is 3.98. The molecule has 4 nitrogen and oxygen atoms in total. The molecule has 0 bridgehead atoms. The molecule has 0 aliphatic carbocycles. The zero-order chi connectivity index (χ0) is 15.8. The van der Waals surface area contributed by atoms with Crippen LogP contribution in [0.1, 0.15) is 29.3 Å². The van der Waals surface area contributed by atoms with E-state index < -0.39 is 0 Å². The van der Waals surface area contributed by atoms with Gasteiger partial charge >= 0.3 is 0 Å². The van der Waals surface area contributed by atoms with Gasteiger partial charge in [0.25, 0.3) is 5.91 Å². The van der Waals surface area contributed by atoms with Crippen molar-refractivity contribution in [2.24, 2.45) is 5.10 Å². The van der Waals surface area contributed by atoms with Crippen molar-refractivity contribution in [3.05, 3.63) is 64.1 Å². The van der Waals surface area contributed by atoms with E-state index in [4.69, 9.17) is 4.74 Å². The van der Waals surface area contributed by atoms with E-state index in [0.29, 0.717) is 12.2 Å². The number of benzene rings is 2. The molecule has 0 saturated carbocycles. The standard InChI is InChI=1S/C17H17BrN2O2/c1-2-10-22-14-7-5-6-13(11-14)12-19-20-17(21)15-8-3-4-9-16(15)18/h3-9,11-12H,2,10H2,1H3,(H,20,21)/b19-12+. The number of halogens is 1. The molecule has 2 aromatic rings. The number of nitrogens with zero attached hydrogens (tertiary/aromatic N) is 1. The lowest BCUT2D eigenvalue weighted by molar-refractivity contribution is 0.0954. The summed E-state index contributed by atoms with van der Waals surface area (Å²) in [5.41, 5.74) is 3.91. The van der Waals surface area contributed by atoms with Gasteiger partial charge in [0.2, 0.25) is 0 Å². The Balaban J connectivity index is 1.98. The van der Waals surface area contributed by atoms with Crippen molar-refractivity contribution >= 4 is 28.1 Å². The summed E-state index contributed by atoms with van der Waals surface area (Å²) in [4.78, 5) is 12.0. The zero-order valence-electron chi connectivity index (χ0n) is 12.3. The van der Waals surface area contributed by atoms with Crippen LogP contribution in [0.25, 0.3) is 0 Å². The summed E-state index contributed by atoms with van der Waals surface area (Å²) in [6, 6.07) is 14.8. The second kappa shape index (κ2) is 8.34. The van der Waals surface area contributed by atoms with Gasteiger partial charge in [-0.3, -0.25) is 4.79 Å². The number of carbonyl (C=O) groups excluding carboxylic acids is 1. The summed E-state index contributed by atoms with van der Waals surface area (Å²) >= 11 is 3.34. The largest absolute Gasteiger partial charge is 0.494 e. The molecule has 1 amide bonds. The molecular weight excluding hydrogens is 344 g/mol. The van der Waals surface area contributed by atoms with Gasteiger partial charge < -0.3 is 4.74 Å². The van der Waals surface area contributed by atoms with Gasteiger partial charge in [0.15, 0.2) is 0 Å². The van der Waals surface area contributed by atoms with Gasteiger partial charge in [-0.25, -0.2) is 5.43 Å². The first-order valence-corrected chi connectivity index (χ1v) is 7.81. The summed E-state index contributed by atoms with van der Waals surface area (Å²) in [6.07, 6.45) is 2.55. The van der Waals surface area contributed by atoms with Gasteiger partial charge in [0.1, 0.15) is 5.75 Å². The van der Waals surface area contributed by atoms with E-state index in [0.717, 1.165) is 22.2 Å². The van der Waals surface area contributed by atoms with E-state index in [9.17, 15) is 4.79 Å². The average Bonchev–Trinajstić information content (AvgIpc) is 2.53. The number of rotatable bonds is 6. The molecule has 22 heavy (non-hydrogen) atoms. The highest BCUT2D eigenvalue weighted by atomic mass is 79.9. The van der Waals surface area contributed by atoms with Crippen LogP contribution in [-0.2, 0) is 0 Å². The third-order valence-corrected chi connectivity index (χ3v) is 3.52. The van der Waals surface area contributed by atoms with Gasteiger partial charge in [-0.05, 0) is 52.2 Å². The van der Waals surface area contributed by atoms with Crippen molar-refractivity contribution in [3.8, 4) is 5.75 Å². The van der Waals surface area contributed by atoms with Gasteiger partial charge in [0.05, 0.1) is 18.4 Å². The number of hydrazone groups is 1. The van der Waals surface area contributed by atoms with Gasteiger partial charge in [-0.1, -0.05) is 31.2 Å². The fourth-order valence-electron chi connectivity index (χ4n) is 1.78. The Kier molecular flexibility index (Phi) is 6.15. The third kappa shape index (κ3) is 4.70. The van der Waals surface area contributed by atoms with Gasteiger partial charge in [0, 0.05) is 4.47 Å². The van der Waals surface area contributed by atoms with E-state index in [2.05, 4.69) is 33.4 Å². The molecule has 0 spiro atoms. The molecule has 0 atom stereocenters. The number of amides is 1. The third-order valence-electron chi connectivity index (χ3n) is 2.83. The highest BCUT2D eigenvalue weighted by Crippen LogP contribution is 2.15. The second-order valence-corrected chi connectivity index (χ2v) is 5.45. The Labute approximate surface area is 138 Å². The summed E-state index contributed by atoms with van der Waals surface area (Å²) in [5.74, 6) is 0.532. The smallest absolute Gasteiger partial charge is 0.272 e. The van der Waals surface area contributed by atoms with Crippen LogP contribution in [0.3, 0.4) is 0 Å². The Bertz CT molecular complexity index is 671. The first-order valence-electron chi connectivity index (χ1n) is 7.01. The molecule has 2 rings (SSSR count). The average molecular weight is 361 g/mol. The van der Waals surface area contributed by atoms with Crippen molar-refractivity contribution in [2.75, 3.05) is 6.61 Å². The maximum atomic E-state index is 12.0. The van der Waals surface area contributed by atoms with Crippen LogP contribution >= 0.6 is 15.9 Å². The Morgan fingerprint density at radius 2 is 2.09 bits per heavy atom. The maximum Gasteiger partial charge on any atom is 0.272 e. The Hall–Kier alpha value is -2.14. The fourth-order valence-corrected chi connectivity index (χ4v) is 2.24. The minimum atomic E-state index is -0.262. The van der Waals surface area contributed by atoms with Crippen LogP contribution in [-0.4, -0.2) is 18.7 Å². The summed E-state index contributed by atoms with van der Waals surface area (Å²) < 4.78 is 6.29. The molecule has 114 valence electrons. The van der Waals surface area contributed by atoms with E-state index in [1.54, 1.807) is 18.3 Å². The first-order chi connectivity index (χ1) is 10.7. The summed E-state index contributed by atoms with van der Waals surface area (Å²) in [6.45, 7) is 2.74. The van der Waals surface area contributed by atoms with Crippen LogP contribution in [0.4, 0.5) is 0 Å². The Morgan fingerprint density at radius 1 is 1.27 bits per heavy atom. The molecule has 0 heterocycles. The fraction of sp³-hybridized carbons (Fsp3) is 0.176. The van der Waals surface area contributed by atoms with Gasteiger partial charge in [-0.15, -0.1) is 0 Å². The topological polar surface area (TPSA) is 50.7 Å². The molecule has 0 unspecified atom stereocenters. The SMILES string of the molecule is CCCOc1cccc(/C=N/NC(=O)c2ccccc2Br)c1. The van der Waals surface area contributed by atoms with E-state index in [1.807, 2.05) is 36.4 Å². The number of nitrogens with one attached hydrogen (secondary N) is 1. The maximum absolute atomic E-state index is 12.0. The highest BCUT2D eigenvalue weighted by molar-refractivity contribution is 9.10. The molecule has 0 aromatic heterocycles. The molecule has 2 aromatic carbocycles. The van der Waals surface area contributed by atoms with Crippen LogP contribution in [0.15, 0.2) is 58.1 Å². The van der Waals surface area contributed by atoms with Crippen LogP contribution in [0, 0.1) is 0 Å². The van der Waals surface area contributed by atoms with E-state index in [1.165, 1.54) is 0 Å². The lowest BCUT2D eigenvalue weighted by Gasteiger charge is -2.05. The normalized spacial score (nSPS) is 10.6. The first kappa shape index (κ1) is 16.2. The van der Waals surface area contributed by atoms with E-state index >= 15 is 0 Å². The van der Waals surface area contributed by atoms with Crippen molar-refractivity contribution in [3.63, 3.8) is 0 Å². The molecular formula is C17H17BrN2O2. The minimum absolute atomic E-state index is 0.262. The van der Waals surface area contributed by atoms with E-state index in [-0.39, 0.29) is 5.91 Å². The Morgan fingerprint density at radius 3 is 2.86 bits per heavy atom. The molecule has 0 aliphatic heterocycles. The predicted molar refractivity (Wildman–Crippen MR) is 91.4 cm³/mol. The predicted octanol–water partition coefficient (Wildman–Crippen LogP) is 4.00. The molecule has 0 saturated heterocycles. The lowest BCUT2D eigenvalue weighted by Crippen LogP contribution is -2.18. The molecule has 0 fully saturated rings. The zero-order valence-corrected chi connectivity index (χ0v) is 13.8. The van der Waals surface area contributed by atoms with Crippen molar-refractivity contribution in [1.82, 2.24) is 5.43 Å². The summed E-state index contributed by atoms with van der Waals surface area (Å²) in [7, 11) is 0. The van der Waals surface area contributed by atoms with Crippen LogP contribution in [0.2, 0.25) is 0 Å². The number of hydrogen-bond donors (Lipinski definition) is 1.